The number of imide groups is 2. The van der Waals surface area contributed by atoms with E-state index < -0.39 is 48.5 Å². The molecule has 2 rings (SSSR count). The molecule has 0 aromatic heterocycles. The summed E-state index contributed by atoms with van der Waals surface area (Å²) in [7, 11) is 0. The van der Waals surface area contributed by atoms with Gasteiger partial charge >= 0.3 is 18.0 Å². The fraction of sp³-hybridized carbons (Fsp3) is 0.688. The normalized spacial score (nSPS) is 25.0. The van der Waals surface area contributed by atoms with E-state index in [4.69, 9.17) is 4.74 Å². The average Bonchev–Trinajstić information content (AvgIpc) is 2.81. The van der Waals surface area contributed by atoms with Crippen LogP contribution in [-0.2, 0) is 19.1 Å². The van der Waals surface area contributed by atoms with Crippen LogP contribution in [0, 0.1) is 5.92 Å². The summed E-state index contributed by atoms with van der Waals surface area (Å²) in [6, 6.07) is -1.33. The summed E-state index contributed by atoms with van der Waals surface area (Å²) >= 11 is 0. The van der Waals surface area contributed by atoms with Crippen molar-refractivity contribution in [3.05, 3.63) is 0 Å². The maximum atomic E-state index is 12.7. The molecule has 0 aromatic rings. The lowest BCUT2D eigenvalue weighted by atomic mass is 9.73. The zero-order valence-corrected chi connectivity index (χ0v) is 14.9. The molecule has 2 atom stereocenters. The molecule has 1 aliphatic heterocycles. The lowest BCUT2D eigenvalue weighted by molar-refractivity contribution is -0.151. The SMILES string of the molecule is CCNC(=O)NC(=O)COC(=O)CN1C(=O)N[C@]2(CCCC[C@@H]2C)C1=O. The smallest absolute Gasteiger partial charge is 0.326 e. The number of hydrogen-bond acceptors (Lipinski definition) is 6. The molecule has 10 heteroatoms. The number of carbonyl (C=O) groups excluding carboxylic acids is 5. The Balaban J connectivity index is 1.87. The van der Waals surface area contributed by atoms with E-state index in [0.717, 1.165) is 24.2 Å². The molecule has 26 heavy (non-hydrogen) atoms. The number of nitrogens with one attached hydrogen (secondary N) is 3. The molecule has 2 fully saturated rings. The Morgan fingerprint density at radius 3 is 2.69 bits per heavy atom. The minimum Gasteiger partial charge on any atom is -0.454 e. The highest BCUT2D eigenvalue weighted by atomic mass is 16.5. The molecule has 0 unspecified atom stereocenters. The monoisotopic (exact) mass is 368 g/mol. The van der Waals surface area contributed by atoms with Gasteiger partial charge in [-0.25, -0.2) is 9.59 Å². The maximum absolute atomic E-state index is 12.7. The van der Waals surface area contributed by atoms with Gasteiger partial charge in [-0.2, -0.15) is 0 Å². The Kier molecular flexibility index (Phi) is 6.17. The third-order valence-electron chi connectivity index (χ3n) is 4.74. The van der Waals surface area contributed by atoms with Gasteiger partial charge in [0, 0.05) is 6.54 Å². The zero-order valence-electron chi connectivity index (χ0n) is 14.9. The Labute approximate surface area is 151 Å². The van der Waals surface area contributed by atoms with Crippen molar-refractivity contribution in [3.8, 4) is 0 Å². The van der Waals surface area contributed by atoms with Gasteiger partial charge in [-0.15, -0.1) is 0 Å². The first kappa shape index (κ1) is 19.7. The Morgan fingerprint density at radius 1 is 1.31 bits per heavy atom. The Morgan fingerprint density at radius 2 is 2.04 bits per heavy atom. The average molecular weight is 368 g/mol. The number of esters is 1. The van der Waals surface area contributed by atoms with Gasteiger partial charge in [0.05, 0.1) is 0 Å². The number of nitrogens with zero attached hydrogens (tertiary/aromatic N) is 1. The second-order valence-electron chi connectivity index (χ2n) is 6.51. The van der Waals surface area contributed by atoms with Crippen molar-refractivity contribution in [2.75, 3.05) is 19.7 Å². The van der Waals surface area contributed by atoms with Crippen LogP contribution >= 0.6 is 0 Å². The largest absolute Gasteiger partial charge is 0.454 e. The van der Waals surface area contributed by atoms with Crippen LogP contribution in [0.3, 0.4) is 0 Å². The molecule has 6 amide bonds. The standard InChI is InChI=1S/C16H24N4O6/c1-3-17-14(24)18-11(21)9-26-12(22)8-20-13(23)16(19-15(20)25)7-5-4-6-10(16)2/h10H,3-9H2,1-2H3,(H,19,25)(H2,17,18,21,24)/t10-,16-/m0/s1. The molecule has 1 saturated carbocycles. The molecule has 1 spiro atoms. The summed E-state index contributed by atoms with van der Waals surface area (Å²) < 4.78 is 4.74. The molecule has 1 heterocycles. The van der Waals surface area contributed by atoms with Crippen molar-refractivity contribution >= 4 is 29.8 Å². The molecule has 2 aliphatic rings. The van der Waals surface area contributed by atoms with Gasteiger partial charge in [0.25, 0.3) is 11.8 Å². The summed E-state index contributed by atoms with van der Waals surface area (Å²) in [5, 5.41) is 7.05. The fourth-order valence-corrected chi connectivity index (χ4v) is 3.33. The van der Waals surface area contributed by atoms with E-state index in [2.05, 4.69) is 10.6 Å². The van der Waals surface area contributed by atoms with Crippen LogP contribution in [0.15, 0.2) is 0 Å². The molecule has 0 radical (unpaired) electrons. The molecule has 3 N–H and O–H groups in total. The van der Waals surface area contributed by atoms with Gasteiger partial charge in [-0.05, 0) is 25.7 Å². The van der Waals surface area contributed by atoms with E-state index in [-0.39, 0.29) is 5.92 Å². The van der Waals surface area contributed by atoms with Crippen molar-refractivity contribution in [3.63, 3.8) is 0 Å². The first-order valence-electron chi connectivity index (χ1n) is 8.67. The van der Waals surface area contributed by atoms with Crippen LogP contribution in [0.5, 0.6) is 0 Å². The van der Waals surface area contributed by atoms with Gasteiger partial charge in [0.1, 0.15) is 12.1 Å². The van der Waals surface area contributed by atoms with Crippen LogP contribution in [0.4, 0.5) is 9.59 Å². The van der Waals surface area contributed by atoms with Crippen LogP contribution in [0.1, 0.15) is 39.5 Å². The molecular formula is C16H24N4O6. The van der Waals surface area contributed by atoms with E-state index in [0.29, 0.717) is 13.0 Å². The zero-order chi connectivity index (χ0) is 19.3. The predicted molar refractivity (Wildman–Crippen MR) is 88.8 cm³/mol. The van der Waals surface area contributed by atoms with Gasteiger partial charge in [-0.3, -0.25) is 24.6 Å². The minimum atomic E-state index is -0.953. The molecular weight excluding hydrogens is 344 g/mol. The number of rotatable bonds is 5. The number of urea groups is 2. The van der Waals surface area contributed by atoms with Gasteiger partial charge < -0.3 is 15.4 Å². The summed E-state index contributed by atoms with van der Waals surface area (Å²) in [6.07, 6.45) is 3.19. The fourth-order valence-electron chi connectivity index (χ4n) is 3.33. The first-order valence-corrected chi connectivity index (χ1v) is 8.67. The highest BCUT2D eigenvalue weighted by Gasteiger charge is 2.55. The van der Waals surface area contributed by atoms with Gasteiger partial charge in [-0.1, -0.05) is 19.8 Å². The van der Waals surface area contributed by atoms with E-state index >= 15 is 0 Å². The Bertz CT molecular complexity index is 622. The number of amides is 6. The maximum Gasteiger partial charge on any atom is 0.326 e. The van der Waals surface area contributed by atoms with Crippen LogP contribution in [0.25, 0.3) is 0 Å². The van der Waals surface area contributed by atoms with E-state index in [1.807, 2.05) is 12.2 Å². The second-order valence-corrected chi connectivity index (χ2v) is 6.51. The van der Waals surface area contributed by atoms with Crippen molar-refractivity contribution in [1.29, 1.82) is 0 Å². The first-order chi connectivity index (χ1) is 12.3. The molecule has 10 nitrogen and oxygen atoms in total. The third-order valence-corrected chi connectivity index (χ3v) is 4.74. The second kappa shape index (κ2) is 8.15. The lowest BCUT2D eigenvalue weighted by Gasteiger charge is -2.36. The molecule has 144 valence electrons. The summed E-state index contributed by atoms with van der Waals surface area (Å²) in [4.78, 5) is 60.2. The predicted octanol–water partition coefficient (Wildman–Crippen LogP) is -0.124. The quantitative estimate of drug-likeness (QED) is 0.457. The van der Waals surface area contributed by atoms with Crippen molar-refractivity contribution in [2.45, 2.75) is 45.1 Å². The molecule has 1 aliphatic carbocycles. The number of hydrogen-bond donors (Lipinski definition) is 3. The highest BCUT2D eigenvalue weighted by molar-refractivity contribution is 6.09. The van der Waals surface area contributed by atoms with E-state index in [1.165, 1.54) is 0 Å². The minimum absolute atomic E-state index is 0.0171. The van der Waals surface area contributed by atoms with E-state index in [9.17, 15) is 24.0 Å². The van der Waals surface area contributed by atoms with Crippen LogP contribution in [-0.4, -0.2) is 60.0 Å². The third kappa shape index (κ3) is 4.12. The van der Waals surface area contributed by atoms with Gasteiger partial charge in [0.2, 0.25) is 0 Å². The number of carbonyl (C=O) groups is 5. The van der Waals surface area contributed by atoms with Crippen LogP contribution < -0.4 is 16.0 Å². The summed E-state index contributed by atoms with van der Waals surface area (Å²) in [6.45, 7) is 2.67. The number of ether oxygens (including phenoxy) is 1. The van der Waals surface area contributed by atoms with Gasteiger partial charge in [0.15, 0.2) is 6.61 Å². The highest BCUT2D eigenvalue weighted by Crippen LogP contribution is 2.38. The van der Waals surface area contributed by atoms with Crippen molar-refractivity contribution < 1.29 is 28.7 Å². The van der Waals surface area contributed by atoms with Crippen molar-refractivity contribution in [1.82, 2.24) is 20.9 Å². The van der Waals surface area contributed by atoms with E-state index in [1.54, 1.807) is 6.92 Å². The summed E-state index contributed by atoms with van der Waals surface area (Å²) in [5.41, 5.74) is -0.953. The Hall–Kier alpha value is -2.65. The topological polar surface area (TPSA) is 134 Å². The molecule has 1 saturated heterocycles. The van der Waals surface area contributed by atoms with Crippen molar-refractivity contribution in [2.24, 2.45) is 5.92 Å². The van der Waals surface area contributed by atoms with Crippen LogP contribution in [0.2, 0.25) is 0 Å². The summed E-state index contributed by atoms with van der Waals surface area (Å²) in [5.74, 6) is -2.16. The molecule has 0 aromatic carbocycles. The molecule has 0 bridgehead atoms. The lowest BCUT2D eigenvalue weighted by Crippen LogP contribution is -2.54.